The topological polar surface area (TPSA) is 93.2 Å². The summed E-state index contributed by atoms with van der Waals surface area (Å²) in [6.45, 7) is 0.148. The number of piperazine rings is 1. The molecule has 1 aliphatic rings. The maximum atomic E-state index is 13.1. The number of hydrogen-bond donors (Lipinski definition) is 0. The normalized spacial score (nSPS) is 16.8. The Labute approximate surface area is 173 Å². The summed E-state index contributed by atoms with van der Waals surface area (Å²) in [6.07, 6.45) is 0. The minimum atomic E-state index is -3.88. The fraction of sp³-hybridized carbons (Fsp3) is 0.375. The van der Waals surface area contributed by atoms with Crippen molar-refractivity contribution in [3.05, 3.63) is 34.7 Å². The van der Waals surface area contributed by atoms with Gasteiger partial charge in [-0.05, 0) is 24.3 Å². The number of benzene rings is 1. The van der Waals surface area contributed by atoms with Crippen LogP contribution in [0.4, 0.5) is 0 Å². The van der Waals surface area contributed by atoms with E-state index in [9.17, 15) is 16.8 Å². The standard InChI is InChI=1S/C16H19ClN2O6S3/c1-24-12-3-4-13(25-2)14(11-12)27(20,21)18-7-9-19(10-8-18)28(22,23)16-6-5-15(17)26-16/h3-6,11H,7-10H2,1-2H3. The summed E-state index contributed by atoms with van der Waals surface area (Å²) in [7, 11) is -4.75. The van der Waals surface area contributed by atoms with Crippen LogP contribution in [-0.2, 0) is 20.0 Å². The third-order valence-corrected chi connectivity index (χ3v) is 9.85. The second-order valence-electron chi connectivity index (χ2n) is 5.88. The Morgan fingerprint density at radius 3 is 2.00 bits per heavy atom. The highest BCUT2D eigenvalue weighted by Gasteiger charge is 2.35. The first-order valence-electron chi connectivity index (χ1n) is 8.18. The third-order valence-electron chi connectivity index (χ3n) is 4.33. The van der Waals surface area contributed by atoms with Gasteiger partial charge >= 0.3 is 0 Å². The number of rotatable bonds is 6. The first-order valence-corrected chi connectivity index (χ1v) is 12.3. The molecular weight excluding hydrogens is 448 g/mol. The molecule has 154 valence electrons. The van der Waals surface area contributed by atoms with Crippen LogP contribution in [0.5, 0.6) is 11.5 Å². The molecule has 1 saturated heterocycles. The second kappa shape index (κ2) is 8.17. The molecule has 0 aliphatic carbocycles. The lowest BCUT2D eigenvalue weighted by atomic mass is 10.3. The van der Waals surface area contributed by atoms with Crippen LogP contribution in [0.2, 0.25) is 4.34 Å². The SMILES string of the molecule is COc1ccc(OC)c(S(=O)(=O)N2CCN(S(=O)(=O)c3ccc(Cl)s3)CC2)c1. The first kappa shape index (κ1) is 21.3. The molecule has 0 N–H and O–H groups in total. The molecule has 0 atom stereocenters. The van der Waals surface area contributed by atoms with Gasteiger partial charge in [-0.2, -0.15) is 8.61 Å². The second-order valence-corrected chi connectivity index (χ2v) is 11.7. The molecule has 2 aromatic rings. The van der Waals surface area contributed by atoms with E-state index in [0.29, 0.717) is 10.1 Å². The van der Waals surface area contributed by atoms with E-state index in [-0.39, 0.29) is 41.0 Å². The Morgan fingerprint density at radius 1 is 0.893 bits per heavy atom. The van der Waals surface area contributed by atoms with E-state index in [4.69, 9.17) is 21.1 Å². The van der Waals surface area contributed by atoms with Gasteiger partial charge in [-0.25, -0.2) is 16.8 Å². The van der Waals surface area contributed by atoms with E-state index < -0.39 is 20.0 Å². The molecule has 0 radical (unpaired) electrons. The van der Waals surface area contributed by atoms with Crippen LogP contribution in [0.3, 0.4) is 0 Å². The largest absolute Gasteiger partial charge is 0.497 e. The number of hydrogen-bond acceptors (Lipinski definition) is 7. The zero-order valence-corrected chi connectivity index (χ0v) is 18.4. The maximum Gasteiger partial charge on any atom is 0.252 e. The Kier molecular flexibility index (Phi) is 6.23. The monoisotopic (exact) mass is 466 g/mol. The van der Waals surface area contributed by atoms with Crippen LogP contribution in [0.1, 0.15) is 0 Å². The van der Waals surface area contributed by atoms with Crippen LogP contribution in [0.15, 0.2) is 39.4 Å². The molecule has 0 amide bonds. The van der Waals surface area contributed by atoms with Gasteiger partial charge in [-0.3, -0.25) is 0 Å². The summed E-state index contributed by atoms with van der Waals surface area (Å²) in [4.78, 5) is -0.0179. The molecule has 0 unspecified atom stereocenters. The van der Waals surface area contributed by atoms with Crippen molar-refractivity contribution < 1.29 is 26.3 Å². The van der Waals surface area contributed by atoms with Crippen molar-refractivity contribution >= 4 is 43.0 Å². The lowest BCUT2D eigenvalue weighted by molar-refractivity contribution is 0.272. The predicted molar refractivity (Wildman–Crippen MR) is 106 cm³/mol. The van der Waals surface area contributed by atoms with Gasteiger partial charge in [-0.1, -0.05) is 11.6 Å². The first-order chi connectivity index (χ1) is 13.2. The van der Waals surface area contributed by atoms with Crippen molar-refractivity contribution in [2.75, 3.05) is 40.4 Å². The molecular formula is C16H19ClN2O6S3. The minimum Gasteiger partial charge on any atom is -0.497 e. The Morgan fingerprint density at radius 2 is 1.50 bits per heavy atom. The number of halogens is 1. The Hall–Kier alpha value is -1.37. The fourth-order valence-corrected chi connectivity index (χ4v) is 7.49. The average Bonchev–Trinajstić information content (AvgIpc) is 3.14. The molecule has 8 nitrogen and oxygen atoms in total. The molecule has 12 heteroatoms. The number of sulfonamides is 2. The van der Waals surface area contributed by atoms with Gasteiger partial charge in [0.1, 0.15) is 20.6 Å². The molecule has 28 heavy (non-hydrogen) atoms. The summed E-state index contributed by atoms with van der Waals surface area (Å²) in [5.74, 6) is 0.583. The average molecular weight is 467 g/mol. The molecule has 3 rings (SSSR count). The van der Waals surface area contributed by atoms with E-state index >= 15 is 0 Å². The number of nitrogens with zero attached hydrogens (tertiary/aromatic N) is 2. The summed E-state index contributed by atoms with van der Waals surface area (Å²) in [5.41, 5.74) is 0. The van der Waals surface area contributed by atoms with E-state index in [1.807, 2.05) is 0 Å². The molecule has 0 bridgehead atoms. The van der Waals surface area contributed by atoms with Crippen LogP contribution in [0, 0.1) is 0 Å². The quantitative estimate of drug-likeness (QED) is 0.647. The van der Waals surface area contributed by atoms with Crippen molar-refractivity contribution in [1.29, 1.82) is 0 Å². The zero-order valence-electron chi connectivity index (χ0n) is 15.2. The summed E-state index contributed by atoms with van der Waals surface area (Å²) < 4.78 is 64.8. The number of methoxy groups -OCH3 is 2. The predicted octanol–water partition coefficient (Wildman–Crippen LogP) is 2.11. The van der Waals surface area contributed by atoms with Crippen molar-refractivity contribution in [2.45, 2.75) is 9.10 Å². The van der Waals surface area contributed by atoms with Crippen molar-refractivity contribution in [3.8, 4) is 11.5 Å². The van der Waals surface area contributed by atoms with Gasteiger partial charge in [0.25, 0.3) is 10.0 Å². The van der Waals surface area contributed by atoms with Gasteiger partial charge in [0.15, 0.2) is 0 Å². The van der Waals surface area contributed by atoms with Gasteiger partial charge in [0.2, 0.25) is 10.0 Å². The van der Waals surface area contributed by atoms with E-state index in [2.05, 4.69) is 0 Å². The molecule has 0 spiro atoms. The van der Waals surface area contributed by atoms with Gasteiger partial charge < -0.3 is 9.47 Å². The lowest BCUT2D eigenvalue weighted by Gasteiger charge is -2.33. The molecule has 1 aliphatic heterocycles. The molecule has 1 fully saturated rings. The zero-order chi connectivity index (χ0) is 20.5. The maximum absolute atomic E-state index is 13.1. The Bertz CT molecular complexity index is 1060. The number of thiophene rings is 1. The summed E-state index contributed by atoms with van der Waals surface area (Å²) in [5, 5.41) is 0. The molecule has 1 aromatic heterocycles. The fourth-order valence-electron chi connectivity index (χ4n) is 2.84. The van der Waals surface area contributed by atoms with Crippen molar-refractivity contribution in [2.24, 2.45) is 0 Å². The lowest BCUT2D eigenvalue weighted by Crippen LogP contribution is -2.50. The summed E-state index contributed by atoms with van der Waals surface area (Å²) in [6, 6.07) is 7.49. The van der Waals surface area contributed by atoms with Crippen LogP contribution in [-0.4, -0.2) is 65.8 Å². The smallest absolute Gasteiger partial charge is 0.252 e. The third kappa shape index (κ3) is 4.00. The molecule has 1 aromatic carbocycles. The van der Waals surface area contributed by atoms with Crippen LogP contribution in [0.25, 0.3) is 0 Å². The highest BCUT2D eigenvalue weighted by atomic mass is 35.5. The highest BCUT2D eigenvalue weighted by molar-refractivity contribution is 7.91. The van der Waals surface area contributed by atoms with Crippen LogP contribution >= 0.6 is 22.9 Å². The molecule has 2 heterocycles. The summed E-state index contributed by atoms with van der Waals surface area (Å²) >= 11 is 6.81. The van der Waals surface area contributed by atoms with E-state index in [1.165, 1.54) is 47.1 Å². The highest BCUT2D eigenvalue weighted by Crippen LogP contribution is 2.32. The minimum absolute atomic E-state index is 0.0179. The van der Waals surface area contributed by atoms with E-state index in [1.54, 1.807) is 6.07 Å². The van der Waals surface area contributed by atoms with Crippen molar-refractivity contribution in [1.82, 2.24) is 8.61 Å². The van der Waals surface area contributed by atoms with Gasteiger partial charge in [-0.15, -0.1) is 11.3 Å². The Balaban J connectivity index is 1.81. The number of ether oxygens (including phenoxy) is 2. The van der Waals surface area contributed by atoms with Gasteiger partial charge in [0, 0.05) is 32.2 Å². The van der Waals surface area contributed by atoms with Crippen LogP contribution < -0.4 is 9.47 Å². The van der Waals surface area contributed by atoms with Crippen molar-refractivity contribution in [3.63, 3.8) is 0 Å². The van der Waals surface area contributed by atoms with Gasteiger partial charge in [0.05, 0.1) is 18.6 Å². The molecule has 0 saturated carbocycles. The van der Waals surface area contributed by atoms with E-state index in [0.717, 1.165) is 11.3 Å².